The van der Waals surface area contributed by atoms with E-state index < -0.39 is 95.5 Å². The Balaban J connectivity index is 1.88. The Hall–Kier alpha value is -2.39. The minimum absolute atomic E-state index is 0.0825. The fraction of sp³-hybridized carbons (Fsp3) is 0.857. The number of ether oxygens (including phenoxy) is 9. The molecule has 0 saturated carbocycles. The number of hydrogen-bond donors (Lipinski definition) is 6. The van der Waals surface area contributed by atoms with E-state index in [1.54, 1.807) is 74.1 Å². The quantitative estimate of drug-likeness (QED) is 0.108. The molecule has 4 rings (SSSR count). The average Bonchev–Trinajstić information content (AvgIpc) is 3.26. The number of nitrogens with zero attached hydrogens (tertiary/aromatic N) is 1. The van der Waals surface area contributed by atoms with Crippen molar-refractivity contribution in [2.24, 2.45) is 17.8 Å². The summed E-state index contributed by atoms with van der Waals surface area (Å²) in [5, 5.41) is 55.2. The fourth-order valence-electron chi connectivity index (χ4n) is 10.4. The predicted molar refractivity (Wildman–Crippen MR) is 250 cm³/mol. The number of carbonyl (C=O) groups is 1. The van der Waals surface area contributed by atoms with Crippen molar-refractivity contribution in [2.75, 3.05) is 55.1 Å². The molecule has 3 heterocycles. The van der Waals surface area contributed by atoms with Gasteiger partial charge in [0.15, 0.2) is 30.2 Å². The Bertz CT molecular complexity index is 1670. The van der Waals surface area contributed by atoms with Crippen LogP contribution in [-0.4, -0.2) is 176 Å². The summed E-state index contributed by atoms with van der Waals surface area (Å²) >= 11 is 0. The molecule has 3 aliphatic rings. The van der Waals surface area contributed by atoms with Crippen LogP contribution in [0.1, 0.15) is 108 Å². The summed E-state index contributed by atoms with van der Waals surface area (Å²) in [6, 6.07) is 4.47. The van der Waals surface area contributed by atoms with Crippen molar-refractivity contribution in [2.45, 2.75) is 198 Å². The predicted octanol–water partition coefficient (Wildman–Crippen LogP) is 4.03. The largest absolute Gasteiger partial charge is 0.493 e. The second-order valence-electron chi connectivity index (χ2n) is 20.3. The lowest BCUT2D eigenvalue weighted by molar-refractivity contribution is -0.335. The molecule has 17 heteroatoms. The highest BCUT2D eigenvalue weighted by Crippen LogP contribution is 2.44. The molecule has 0 unspecified atom stereocenters. The molecule has 6 N–H and O–H groups in total. The van der Waals surface area contributed by atoms with Gasteiger partial charge in [-0.2, -0.15) is 0 Å². The first-order valence-electron chi connectivity index (χ1n) is 24.1. The molecule has 1 aromatic carbocycles. The molecule has 0 aromatic heterocycles. The van der Waals surface area contributed by atoms with E-state index in [9.17, 15) is 25.2 Å². The Kier molecular flexibility index (Phi) is 20.0. The summed E-state index contributed by atoms with van der Waals surface area (Å²) in [6.45, 7) is 21.1. The first-order chi connectivity index (χ1) is 30.8. The first-order valence-corrected chi connectivity index (χ1v) is 24.1. The van der Waals surface area contributed by atoms with Crippen molar-refractivity contribution in [3.63, 3.8) is 0 Å². The Morgan fingerprint density at radius 1 is 0.909 bits per heavy atom. The van der Waals surface area contributed by atoms with Crippen molar-refractivity contribution in [1.82, 2.24) is 15.5 Å². The number of nitrogens with one attached hydrogen (secondary N) is 2. The summed E-state index contributed by atoms with van der Waals surface area (Å²) in [7, 11) is 8.60. The SMILES string of the molecule is CCCNC[C@]1(O)[C@H](C)O[C@@H](O[C@H]2[C@H](C)[C@@H](O[C@@H]3O[C@H](C)C[C@H](N(C)C)[C@H]3Oc3ccc(OC)c(OC)c3)[C@](C)(O)C[C@@H](C)CN[C@H](C)[C@@H](O)[C@](C)(O)[C@@H](CC)OC(=O)[C@@H]2C)C[C@@]1(C)OC. The van der Waals surface area contributed by atoms with Crippen molar-refractivity contribution in [3.8, 4) is 17.2 Å². The van der Waals surface area contributed by atoms with Crippen LogP contribution in [0.4, 0.5) is 0 Å². The first kappa shape index (κ1) is 56.2. The molecule has 66 heavy (non-hydrogen) atoms. The molecule has 1 aromatic rings. The number of methoxy groups -OCH3 is 3. The van der Waals surface area contributed by atoms with Crippen LogP contribution < -0.4 is 24.8 Å². The zero-order valence-corrected chi connectivity index (χ0v) is 42.8. The number of hydrogen-bond acceptors (Lipinski definition) is 17. The van der Waals surface area contributed by atoms with Gasteiger partial charge in [0.05, 0.1) is 56.2 Å². The van der Waals surface area contributed by atoms with Crippen molar-refractivity contribution >= 4 is 5.97 Å². The Labute approximate surface area is 394 Å². The minimum atomic E-state index is -1.83. The monoisotopic (exact) mass is 942 g/mol. The molecule has 0 bridgehead atoms. The molecule has 0 amide bonds. The normalized spacial score (nSPS) is 42.2. The molecule has 18 atom stereocenters. The van der Waals surface area contributed by atoms with Gasteiger partial charge in [0.25, 0.3) is 0 Å². The molecule has 0 aliphatic carbocycles. The Morgan fingerprint density at radius 3 is 2.17 bits per heavy atom. The molecule has 0 spiro atoms. The van der Waals surface area contributed by atoms with Crippen LogP contribution >= 0.6 is 0 Å². The highest BCUT2D eigenvalue weighted by Gasteiger charge is 2.58. The smallest absolute Gasteiger partial charge is 0.311 e. The van der Waals surface area contributed by atoms with E-state index in [1.165, 1.54) is 6.92 Å². The maximum atomic E-state index is 14.6. The van der Waals surface area contributed by atoms with Crippen LogP contribution in [0, 0.1) is 17.8 Å². The highest BCUT2D eigenvalue weighted by atomic mass is 16.7. The number of likely N-dealkylation sites (N-methyl/N-ethyl adjacent to an activating group) is 1. The number of aliphatic hydroxyl groups excluding tert-OH is 1. The maximum absolute atomic E-state index is 14.6. The van der Waals surface area contributed by atoms with Crippen LogP contribution in [0.25, 0.3) is 0 Å². The van der Waals surface area contributed by atoms with Gasteiger partial charge < -0.3 is 78.6 Å². The maximum Gasteiger partial charge on any atom is 0.311 e. The summed E-state index contributed by atoms with van der Waals surface area (Å²) in [4.78, 5) is 16.7. The number of esters is 1. The molecular formula is C49H87N3O14. The number of rotatable bonds is 15. The summed E-state index contributed by atoms with van der Waals surface area (Å²) < 4.78 is 57.5. The fourth-order valence-corrected chi connectivity index (χ4v) is 10.4. The second kappa shape index (κ2) is 23.5. The molecular weight excluding hydrogens is 855 g/mol. The van der Waals surface area contributed by atoms with Crippen molar-refractivity contribution in [3.05, 3.63) is 18.2 Å². The summed E-state index contributed by atoms with van der Waals surface area (Å²) in [5.41, 5.74) is -6.05. The lowest BCUT2D eigenvalue weighted by Crippen LogP contribution is -2.70. The minimum Gasteiger partial charge on any atom is -0.493 e. The topological polar surface area (TPSA) is 208 Å². The van der Waals surface area contributed by atoms with E-state index in [-0.39, 0.29) is 43.9 Å². The number of aliphatic hydroxyl groups is 4. The van der Waals surface area contributed by atoms with Gasteiger partial charge >= 0.3 is 5.97 Å². The van der Waals surface area contributed by atoms with E-state index in [4.69, 9.17) is 42.6 Å². The zero-order valence-electron chi connectivity index (χ0n) is 42.8. The highest BCUT2D eigenvalue weighted by molar-refractivity contribution is 5.73. The zero-order chi connectivity index (χ0) is 49.5. The van der Waals surface area contributed by atoms with Crippen LogP contribution in [0.5, 0.6) is 17.2 Å². The lowest BCUT2D eigenvalue weighted by Gasteiger charge is -2.53. The molecule has 17 nitrogen and oxygen atoms in total. The van der Waals surface area contributed by atoms with E-state index in [1.807, 2.05) is 48.7 Å². The van der Waals surface area contributed by atoms with Gasteiger partial charge in [-0.1, -0.05) is 27.7 Å². The lowest BCUT2D eigenvalue weighted by atomic mass is 9.75. The van der Waals surface area contributed by atoms with E-state index >= 15 is 0 Å². The molecule has 3 saturated heterocycles. The number of carbonyl (C=O) groups excluding carboxylic acids is 1. The van der Waals surface area contributed by atoms with Gasteiger partial charge in [0.1, 0.15) is 34.8 Å². The third-order valence-corrected chi connectivity index (χ3v) is 14.6. The number of cyclic esters (lactones) is 1. The van der Waals surface area contributed by atoms with E-state index in [2.05, 4.69) is 15.5 Å². The van der Waals surface area contributed by atoms with Gasteiger partial charge in [0, 0.05) is 38.1 Å². The summed E-state index contributed by atoms with van der Waals surface area (Å²) in [6.07, 6.45) is -6.45. The van der Waals surface area contributed by atoms with Gasteiger partial charge in [-0.05, 0) is 119 Å². The van der Waals surface area contributed by atoms with Gasteiger partial charge in [-0.3, -0.25) is 4.79 Å². The second-order valence-corrected chi connectivity index (χ2v) is 20.3. The van der Waals surface area contributed by atoms with Crippen molar-refractivity contribution < 1.29 is 67.9 Å². The van der Waals surface area contributed by atoms with Crippen LogP contribution in [-0.2, 0) is 33.2 Å². The summed E-state index contributed by atoms with van der Waals surface area (Å²) in [5.74, 6) is -1.23. The molecule has 382 valence electrons. The van der Waals surface area contributed by atoms with Crippen LogP contribution in [0.3, 0.4) is 0 Å². The van der Waals surface area contributed by atoms with Gasteiger partial charge in [0.2, 0.25) is 0 Å². The third-order valence-electron chi connectivity index (χ3n) is 14.6. The van der Waals surface area contributed by atoms with Crippen LogP contribution in [0.2, 0.25) is 0 Å². The molecule has 3 fully saturated rings. The van der Waals surface area contributed by atoms with Gasteiger partial charge in [-0.25, -0.2) is 0 Å². The molecule has 0 radical (unpaired) electrons. The standard InChI is InChI=1S/C49H87N3O14/c1-17-21-50-27-49(57)33(8)62-39(25-47(49,10)60-16)65-40-30(5)43(46(9,55)24-28(3)26-51-32(7)42(53)48(11,56)38(18-2)64-44(54)31(40)6)66-45-41(35(52(12)13)22-29(4)61-45)63-34-19-20-36(58-14)37(23-34)59-15/h19-20,23,28-33,35,38-43,45,50-51,53,55-57H,17-18,21-22,24-27H2,1-16H3/t28-,29-,30+,31-,32-,33+,35+,38-,39+,40+,41-,42-,43-,45+,46-,47-,48-,49+/m1/s1. The molecule has 3 aliphatic heterocycles. The average molecular weight is 942 g/mol. The van der Waals surface area contributed by atoms with E-state index in [0.29, 0.717) is 36.8 Å². The van der Waals surface area contributed by atoms with Crippen LogP contribution in [0.15, 0.2) is 18.2 Å². The van der Waals surface area contributed by atoms with Crippen molar-refractivity contribution in [1.29, 1.82) is 0 Å². The Morgan fingerprint density at radius 2 is 1.58 bits per heavy atom. The number of benzene rings is 1. The third kappa shape index (κ3) is 12.7. The van der Waals surface area contributed by atoms with Gasteiger partial charge in [-0.15, -0.1) is 0 Å². The van der Waals surface area contributed by atoms with E-state index in [0.717, 1.165) is 6.42 Å².